The molecule has 0 saturated carbocycles. The molecule has 3 aromatic rings. The van der Waals surface area contributed by atoms with Crippen LogP contribution in [0.3, 0.4) is 0 Å². The molecule has 188 valence electrons. The molecule has 0 aliphatic carbocycles. The van der Waals surface area contributed by atoms with Crippen molar-refractivity contribution >= 4 is 11.7 Å². The minimum absolute atomic E-state index is 0.0411. The molecule has 7 nitrogen and oxygen atoms in total. The van der Waals surface area contributed by atoms with Crippen molar-refractivity contribution in [1.29, 1.82) is 0 Å². The zero-order chi connectivity index (χ0) is 25.3. The summed E-state index contributed by atoms with van der Waals surface area (Å²) < 4.78 is 40.1. The van der Waals surface area contributed by atoms with Gasteiger partial charge in [-0.15, -0.1) is 5.10 Å². The Hall–Kier alpha value is -3.01. The number of benzene rings is 1. The zero-order valence-corrected chi connectivity index (χ0v) is 20.6. The summed E-state index contributed by atoms with van der Waals surface area (Å²) in [5.74, 6) is -0.747. The van der Waals surface area contributed by atoms with E-state index in [2.05, 4.69) is 58.1 Å². The Morgan fingerprint density at radius 3 is 2.29 bits per heavy atom. The van der Waals surface area contributed by atoms with Gasteiger partial charge in [-0.3, -0.25) is 9.69 Å². The van der Waals surface area contributed by atoms with Crippen LogP contribution >= 0.6 is 0 Å². The Bertz CT molecular complexity index is 1190. The van der Waals surface area contributed by atoms with E-state index in [1.54, 1.807) is 13.8 Å². The standard InChI is InChI=1S/C25H31F3N6O/c1-16(2)20-7-5-19(6-8-20)15-32-11-13-33(14-12-32)22(35)10-9-21-17(3)29-24-30-23(25(26,27)28)31-34(24)18(21)4/h5-8,16H,9-15H2,1-4H3. The van der Waals surface area contributed by atoms with E-state index in [4.69, 9.17) is 0 Å². The van der Waals surface area contributed by atoms with Crippen molar-refractivity contribution < 1.29 is 18.0 Å². The molecule has 1 aliphatic rings. The molecule has 35 heavy (non-hydrogen) atoms. The van der Waals surface area contributed by atoms with E-state index in [0.29, 0.717) is 36.8 Å². The lowest BCUT2D eigenvalue weighted by Crippen LogP contribution is -2.48. The first-order valence-corrected chi connectivity index (χ1v) is 11.9. The van der Waals surface area contributed by atoms with Crippen LogP contribution in [0, 0.1) is 13.8 Å². The van der Waals surface area contributed by atoms with Crippen LogP contribution in [0.2, 0.25) is 0 Å². The van der Waals surface area contributed by atoms with E-state index in [0.717, 1.165) is 29.7 Å². The van der Waals surface area contributed by atoms with Crippen molar-refractivity contribution in [2.45, 2.75) is 59.2 Å². The largest absolute Gasteiger partial charge is 0.453 e. The summed E-state index contributed by atoms with van der Waals surface area (Å²) in [6.45, 7) is 11.6. The van der Waals surface area contributed by atoms with Crippen LogP contribution in [0.1, 0.15) is 60.1 Å². The summed E-state index contributed by atoms with van der Waals surface area (Å²) in [6.07, 6.45) is -3.97. The number of carbonyl (C=O) groups excluding carboxylic acids is 1. The van der Waals surface area contributed by atoms with Gasteiger partial charge in [0.25, 0.3) is 11.6 Å². The molecule has 1 amide bonds. The number of piperazine rings is 1. The number of nitrogens with zero attached hydrogens (tertiary/aromatic N) is 6. The second-order valence-corrected chi connectivity index (χ2v) is 9.46. The first-order chi connectivity index (χ1) is 16.5. The zero-order valence-electron chi connectivity index (χ0n) is 20.6. The molecule has 3 heterocycles. The van der Waals surface area contributed by atoms with Crippen molar-refractivity contribution in [3.05, 3.63) is 58.2 Å². The summed E-state index contributed by atoms with van der Waals surface area (Å²) in [4.78, 5) is 24.8. The van der Waals surface area contributed by atoms with Gasteiger partial charge in [-0.25, -0.2) is 9.50 Å². The van der Waals surface area contributed by atoms with E-state index in [-0.39, 0.29) is 18.1 Å². The minimum atomic E-state index is -4.64. The van der Waals surface area contributed by atoms with Crippen LogP contribution < -0.4 is 0 Å². The topological polar surface area (TPSA) is 66.6 Å². The molecular weight excluding hydrogens is 457 g/mol. The molecular formula is C25H31F3N6O. The highest BCUT2D eigenvalue weighted by Gasteiger charge is 2.37. The van der Waals surface area contributed by atoms with Gasteiger partial charge in [0, 0.05) is 50.5 Å². The molecule has 1 saturated heterocycles. The molecule has 2 aromatic heterocycles. The maximum absolute atomic E-state index is 13.0. The average Bonchev–Trinajstić information content (AvgIpc) is 3.24. The van der Waals surface area contributed by atoms with Crippen LogP contribution in [-0.2, 0) is 23.9 Å². The molecule has 1 aromatic carbocycles. The monoisotopic (exact) mass is 488 g/mol. The van der Waals surface area contributed by atoms with E-state index in [1.165, 1.54) is 11.1 Å². The Morgan fingerprint density at radius 2 is 1.69 bits per heavy atom. The predicted molar refractivity (Wildman–Crippen MR) is 126 cm³/mol. The fourth-order valence-electron chi connectivity index (χ4n) is 4.50. The fraction of sp³-hybridized carbons (Fsp3) is 0.520. The van der Waals surface area contributed by atoms with Gasteiger partial charge in [0.05, 0.1) is 0 Å². The Morgan fingerprint density at radius 1 is 1.03 bits per heavy atom. The van der Waals surface area contributed by atoms with Gasteiger partial charge >= 0.3 is 6.18 Å². The van der Waals surface area contributed by atoms with Crippen LogP contribution in [0.5, 0.6) is 0 Å². The van der Waals surface area contributed by atoms with Gasteiger partial charge in [-0.2, -0.15) is 18.2 Å². The maximum Gasteiger partial charge on any atom is 0.453 e. The summed E-state index contributed by atoms with van der Waals surface area (Å²) in [6, 6.07) is 8.71. The molecule has 10 heteroatoms. The second kappa shape index (κ2) is 9.93. The summed E-state index contributed by atoms with van der Waals surface area (Å²) >= 11 is 0. The van der Waals surface area contributed by atoms with Crippen molar-refractivity contribution in [1.82, 2.24) is 29.4 Å². The average molecular weight is 489 g/mol. The van der Waals surface area contributed by atoms with Gasteiger partial charge in [0.2, 0.25) is 5.91 Å². The second-order valence-electron chi connectivity index (χ2n) is 9.46. The van der Waals surface area contributed by atoms with Crippen LogP contribution in [0.25, 0.3) is 5.78 Å². The first kappa shape index (κ1) is 25.1. The number of rotatable bonds is 6. The summed E-state index contributed by atoms with van der Waals surface area (Å²) in [7, 11) is 0. The summed E-state index contributed by atoms with van der Waals surface area (Å²) in [5, 5.41) is 3.58. The highest BCUT2D eigenvalue weighted by molar-refractivity contribution is 5.76. The molecule has 0 N–H and O–H groups in total. The third-order valence-electron chi connectivity index (χ3n) is 6.67. The van der Waals surface area contributed by atoms with E-state index < -0.39 is 12.0 Å². The number of carbonyl (C=O) groups is 1. The Kier molecular flexibility index (Phi) is 7.12. The lowest BCUT2D eigenvalue weighted by atomic mass is 10.0. The quantitative estimate of drug-likeness (QED) is 0.521. The van der Waals surface area contributed by atoms with Crippen molar-refractivity contribution in [2.24, 2.45) is 0 Å². The number of hydrogen-bond donors (Lipinski definition) is 0. The Balaban J connectivity index is 1.33. The van der Waals surface area contributed by atoms with Crippen molar-refractivity contribution in [3.63, 3.8) is 0 Å². The first-order valence-electron chi connectivity index (χ1n) is 11.9. The molecule has 0 spiro atoms. The predicted octanol–water partition coefficient (Wildman–Crippen LogP) is 4.16. The third kappa shape index (κ3) is 5.63. The van der Waals surface area contributed by atoms with E-state index in [9.17, 15) is 18.0 Å². The fourth-order valence-corrected chi connectivity index (χ4v) is 4.50. The molecule has 4 rings (SSSR count). The SMILES string of the molecule is Cc1nc2nc(C(F)(F)F)nn2c(C)c1CCC(=O)N1CCN(Cc2ccc(C(C)C)cc2)CC1. The minimum Gasteiger partial charge on any atom is -0.340 e. The molecule has 0 atom stereocenters. The van der Waals surface area contributed by atoms with Crippen LogP contribution in [-0.4, -0.2) is 61.5 Å². The van der Waals surface area contributed by atoms with Gasteiger partial charge in [-0.05, 0) is 42.9 Å². The smallest absolute Gasteiger partial charge is 0.340 e. The molecule has 1 fully saturated rings. The maximum atomic E-state index is 13.0. The van der Waals surface area contributed by atoms with Crippen molar-refractivity contribution in [2.75, 3.05) is 26.2 Å². The van der Waals surface area contributed by atoms with E-state index >= 15 is 0 Å². The molecule has 0 bridgehead atoms. The van der Waals surface area contributed by atoms with Crippen LogP contribution in [0.15, 0.2) is 24.3 Å². The highest BCUT2D eigenvalue weighted by Crippen LogP contribution is 2.27. The highest BCUT2D eigenvalue weighted by atomic mass is 19.4. The lowest BCUT2D eigenvalue weighted by molar-refractivity contribution is -0.144. The van der Waals surface area contributed by atoms with Gasteiger partial charge in [0.15, 0.2) is 0 Å². The number of fused-ring (bicyclic) bond motifs is 1. The van der Waals surface area contributed by atoms with Gasteiger partial charge in [-0.1, -0.05) is 38.1 Å². The number of hydrogen-bond acceptors (Lipinski definition) is 5. The Labute approximate surface area is 203 Å². The third-order valence-corrected chi connectivity index (χ3v) is 6.67. The van der Waals surface area contributed by atoms with Gasteiger partial charge < -0.3 is 4.90 Å². The van der Waals surface area contributed by atoms with Crippen LogP contribution in [0.4, 0.5) is 13.2 Å². The van der Waals surface area contributed by atoms with Gasteiger partial charge in [0.1, 0.15) is 0 Å². The van der Waals surface area contributed by atoms with Crippen molar-refractivity contribution in [3.8, 4) is 0 Å². The normalized spacial score (nSPS) is 15.4. The lowest BCUT2D eigenvalue weighted by Gasteiger charge is -2.35. The number of aryl methyl sites for hydroxylation is 2. The number of halogens is 3. The number of amides is 1. The number of aromatic nitrogens is 4. The number of alkyl halides is 3. The van der Waals surface area contributed by atoms with E-state index in [1.807, 2.05) is 4.90 Å². The summed E-state index contributed by atoms with van der Waals surface area (Å²) in [5.41, 5.74) is 4.42. The molecule has 0 radical (unpaired) electrons. The molecule has 0 unspecified atom stereocenters. The molecule has 1 aliphatic heterocycles.